The Morgan fingerprint density at radius 3 is 2.63 bits per heavy atom. The van der Waals surface area contributed by atoms with Crippen molar-refractivity contribution in [1.29, 1.82) is 0 Å². The number of ether oxygens (including phenoxy) is 1. The highest BCUT2D eigenvalue weighted by Gasteiger charge is 2.23. The van der Waals surface area contributed by atoms with Crippen LogP contribution in [0.25, 0.3) is 0 Å². The minimum atomic E-state index is -4.53. The fraction of sp³-hybridized carbons (Fsp3) is 0.667. The van der Waals surface area contributed by atoms with E-state index in [2.05, 4.69) is 28.2 Å². The third-order valence-electron chi connectivity index (χ3n) is 3.27. The van der Waals surface area contributed by atoms with Gasteiger partial charge in [0.05, 0.1) is 24.4 Å². The predicted octanol–water partition coefficient (Wildman–Crippen LogP) is 1.20. The highest BCUT2D eigenvalue weighted by molar-refractivity contribution is 7.47. The molecular weight excluding hydrogens is 473 g/mol. The molecule has 0 radical (unpaired) electrons. The van der Waals surface area contributed by atoms with E-state index in [9.17, 15) is 23.6 Å². The fourth-order valence-corrected chi connectivity index (χ4v) is 3.48. The molecule has 0 fully saturated rings. The first-order valence-electron chi connectivity index (χ1n) is 8.19. The largest absolute Gasteiger partial charge is 0.499 e. The molecule has 5 atom stereocenters. The lowest BCUT2D eigenvalue weighted by Gasteiger charge is -2.21. The number of aromatic amines is 1. The fourth-order valence-electron chi connectivity index (χ4n) is 1.90. The molecule has 0 saturated carbocycles. The van der Waals surface area contributed by atoms with Gasteiger partial charge in [0.15, 0.2) is 0 Å². The van der Waals surface area contributed by atoms with Gasteiger partial charge in [0.25, 0.3) is 5.56 Å². The molecule has 1 heterocycles. The molecule has 18 heteroatoms. The Kier molecular flexibility index (Phi) is 11.7. The SMILES string of the molecule is CCC(OC(C)COP(O)OO[PH](=O)OOP(=O)(O)OC)c1cn(C)c(=O)[nH]c1=O. The van der Waals surface area contributed by atoms with Crippen LogP contribution in [0.2, 0.25) is 0 Å². The summed E-state index contributed by atoms with van der Waals surface area (Å²) in [7, 11) is -8.45. The summed E-state index contributed by atoms with van der Waals surface area (Å²) in [6.45, 7) is 3.15. The minimum absolute atomic E-state index is 0.209. The number of rotatable bonds is 14. The van der Waals surface area contributed by atoms with Gasteiger partial charge in [0.2, 0.25) is 0 Å². The van der Waals surface area contributed by atoms with Crippen LogP contribution in [-0.4, -0.2) is 39.2 Å². The minimum Gasteiger partial charge on any atom is -0.368 e. The second-order valence-electron chi connectivity index (χ2n) is 5.55. The molecule has 0 aliphatic rings. The number of H-pyrrole nitrogens is 1. The molecule has 1 aromatic heterocycles. The standard InChI is InChI=1S/C12H23N2O13P3/c1-5-10(9-6-14(3)12(16)13-11(9)15)23-8(2)7-22-28(17)24-25-29(18)26-27-30(19,20)21-4/h6,8,10,17,29H,5,7H2,1-4H3,(H,19,20)(H,13,15,16). The van der Waals surface area contributed by atoms with E-state index in [0.717, 1.165) is 7.11 Å². The third kappa shape index (κ3) is 9.56. The lowest BCUT2D eigenvalue weighted by atomic mass is 10.1. The molecule has 1 aromatic rings. The van der Waals surface area contributed by atoms with Crippen molar-refractivity contribution in [1.82, 2.24) is 9.55 Å². The lowest BCUT2D eigenvalue weighted by molar-refractivity contribution is -0.177. The van der Waals surface area contributed by atoms with Crippen LogP contribution in [0.15, 0.2) is 15.8 Å². The maximum atomic E-state index is 12.0. The van der Waals surface area contributed by atoms with Crippen molar-refractivity contribution in [3.8, 4) is 0 Å². The maximum Gasteiger partial charge on any atom is 0.499 e. The Balaban J connectivity index is 2.46. The molecular formula is C12H23N2O13P3. The van der Waals surface area contributed by atoms with E-state index in [1.54, 1.807) is 13.8 Å². The van der Waals surface area contributed by atoms with Crippen molar-refractivity contribution in [3.63, 3.8) is 0 Å². The second-order valence-corrected chi connectivity index (χ2v) is 8.72. The number of hydrogen-bond acceptors (Lipinski definition) is 12. The zero-order valence-corrected chi connectivity index (χ0v) is 19.2. The van der Waals surface area contributed by atoms with Gasteiger partial charge in [0.1, 0.15) is 0 Å². The smallest absolute Gasteiger partial charge is 0.368 e. The van der Waals surface area contributed by atoms with Crippen LogP contribution in [0.3, 0.4) is 0 Å². The molecule has 15 nitrogen and oxygen atoms in total. The third-order valence-corrected chi connectivity index (χ3v) is 5.28. The summed E-state index contributed by atoms with van der Waals surface area (Å²) in [5, 5.41) is 0. The van der Waals surface area contributed by atoms with E-state index in [1.807, 2.05) is 0 Å². The average molecular weight is 496 g/mol. The lowest BCUT2D eigenvalue weighted by Crippen LogP contribution is -2.32. The Bertz CT molecular complexity index is 859. The van der Waals surface area contributed by atoms with E-state index >= 15 is 0 Å². The number of aromatic nitrogens is 2. The molecule has 30 heavy (non-hydrogen) atoms. The van der Waals surface area contributed by atoms with E-state index in [4.69, 9.17) is 14.2 Å². The molecule has 0 spiro atoms. The van der Waals surface area contributed by atoms with Gasteiger partial charge in [-0.2, -0.15) is 0 Å². The monoisotopic (exact) mass is 496 g/mol. The Hall–Kier alpha value is -0.790. The van der Waals surface area contributed by atoms with Gasteiger partial charge in [-0.15, -0.1) is 18.7 Å². The summed E-state index contributed by atoms with van der Waals surface area (Å²) in [6.07, 6.45) is 0.492. The molecule has 174 valence electrons. The number of aryl methyl sites for hydroxylation is 1. The Morgan fingerprint density at radius 2 is 2.03 bits per heavy atom. The number of phosphoric ester groups is 1. The zero-order valence-electron chi connectivity index (χ0n) is 16.4. The van der Waals surface area contributed by atoms with Crippen molar-refractivity contribution < 1.29 is 51.4 Å². The van der Waals surface area contributed by atoms with Gasteiger partial charge in [-0.05, 0) is 13.3 Å². The molecule has 0 aromatic carbocycles. The van der Waals surface area contributed by atoms with Crippen LogP contribution in [-0.2, 0) is 48.7 Å². The second kappa shape index (κ2) is 12.9. The van der Waals surface area contributed by atoms with Crippen molar-refractivity contribution in [2.45, 2.75) is 32.5 Å². The number of nitrogens with zero attached hydrogens (tertiary/aromatic N) is 1. The number of phosphoric acid groups is 1. The highest BCUT2D eigenvalue weighted by Crippen LogP contribution is 2.47. The highest BCUT2D eigenvalue weighted by atomic mass is 31.2. The van der Waals surface area contributed by atoms with Gasteiger partial charge < -0.3 is 23.6 Å². The molecule has 0 bridgehead atoms. The molecule has 0 saturated heterocycles. The molecule has 5 unspecified atom stereocenters. The summed E-state index contributed by atoms with van der Waals surface area (Å²) >= 11 is 0. The first-order chi connectivity index (χ1) is 14.0. The molecule has 0 amide bonds. The van der Waals surface area contributed by atoms with Crippen molar-refractivity contribution in [2.75, 3.05) is 13.7 Å². The molecule has 1 rings (SSSR count). The van der Waals surface area contributed by atoms with Gasteiger partial charge in [-0.3, -0.25) is 18.9 Å². The van der Waals surface area contributed by atoms with Crippen molar-refractivity contribution >= 4 is 24.7 Å². The predicted molar refractivity (Wildman–Crippen MR) is 101 cm³/mol. The van der Waals surface area contributed by atoms with E-state index < -0.39 is 48.1 Å². The number of nitrogens with one attached hydrogen (secondary N) is 1. The number of hydrogen-bond donors (Lipinski definition) is 3. The van der Waals surface area contributed by atoms with Crippen LogP contribution in [0.4, 0.5) is 0 Å². The van der Waals surface area contributed by atoms with Crippen molar-refractivity contribution in [2.24, 2.45) is 7.05 Å². The summed E-state index contributed by atoms with van der Waals surface area (Å²) in [5.74, 6) is 0. The van der Waals surface area contributed by atoms with E-state index in [0.29, 0.717) is 6.42 Å². The van der Waals surface area contributed by atoms with Crippen LogP contribution >= 0.6 is 24.7 Å². The average Bonchev–Trinajstić information content (AvgIpc) is 2.70. The summed E-state index contributed by atoms with van der Waals surface area (Å²) in [4.78, 5) is 44.0. The molecule has 0 aliphatic heterocycles. The van der Waals surface area contributed by atoms with Crippen LogP contribution in [0.1, 0.15) is 31.9 Å². The van der Waals surface area contributed by atoms with Crippen LogP contribution in [0, 0.1) is 0 Å². The summed E-state index contributed by atoms with van der Waals surface area (Å²) < 4.78 is 54.2. The summed E-state index contributed by atoms with van der Waals surface area (Å²) in [6, 6.07) is 0. The van der Waals surface area contributed by atoms with Crippen LogP contribution in [0.5, 0.6) is 0 Å². The van der Waals surface area contributed by atoms with E-state index in [-0.39, 0.29) is 12.2 Å². The van der Waals surface area contributed by atoms with Crippen molar-refractivity contribution in [3.05, 3.63) is 32.6 Å². The Labute approximate surface area is 172 Å². The normalized spacial score (nSPS) is 17.8. The molecule has 0 aliphatic carbocycles. The first-order valence-corrected chi connectivity index (χ1v) is 12.0. The van der Waals surface area contributed by atoms with Gasteiger partial charge in [-0.1, -0.05) is 6.92 Å². The maximum absolute atomic E-state index is 12.0. The topological polar surface area (TPSA) is 194 Å². The first kappa shape index (κ1) is 27.2. The quantitative estimate of drug-likeness (QED) is 0.189. The van der Waals surface area contributed by atoms with Gasteiger partial charge >= 0.3 is 30.4 Å². The van der Waals surface area contributed by atoms with Crippen LogP contribution < -0.4 is 11.2 Å². The van der Waals surface area contributed by atoms with Gasteiger partial charge in [-0.25, -0.2) is 9.36 Å². The van der Waals surface area contributed by atoms with E-state index in [1.165, 1.54) is 17.8 Å². The van der Waals surface area contributed by atoms with Gasteiger partial charge in [0, 0.05) is 20.4 Å². The molecule has 3 N–H and O–H groups in total. The zero-order chi connectivity index (χ0) is 22.9. The Morgan fingerprint density at radius 1 is 1.37 bits per heavy atom. The summed E-state index contributed by atoms with van der Waals surface area (Å²) in [5.41, 5.74) is -0.895.